The van der Waals surface area contributed by atoms with Crippen molar-refractivity contribution >= 4 is 23.7 Å². The lowest BCUT2D eigenvalue weighted by Crippen LogP contribution is -2.17. The van der Waals surface area contributed by atoms with Gasteiger partial charge in [0, 0.05) is 10.6 Å². The number of rotatable bonds is 3. The van der Waals surface area contributed by atoms with E-state index >= 15 is 0 Å². The molecule has 2 aromatic carbocycles. The molecule has 0 bridgehead atoms. The summed E-state index contributed by atoms with van der Waals surface area (Å²) in [5.74, 6) is -0.675. The fourth-order valence-corrected chi connectivity index (χ4v) is 1.69. The first-order valence-electron chi connectivity index (χ1n) is 5.91. The molecule has 5 heteroatoms. The van der Waals surface area contributed by atoms with Gasteiger partial charge in [-0.15, -0.1) is 0 Å². The van der Waals surface area contributed by atoms with Crippen LogP contribution < -0.4 is 5.43 Å². The minimum absolute atomic E-state index is 0.319. The number of halogens is 2. The summed E-state index contributed by atoms with van der Waals surface area (Å²) in [7, 11) is 0. The third-order valence-electron chi connectivity index (χ3n) is 2.68. The van der Waals surface area contributed by atoms with Crippen LogP contribution in [0, 0.1) is 12.7 Å². The monoisotopic (exact) mass is 290 g/mol. The summed E-state index contributed by atoms with van der Waals surface area (Å²) in [6, 6.07) is 10.8. The number of hydrazone groups is 1. The molecule has 20 heavy (non-hydrogen) atoms. The van der Waals surface area contributed by atoms with Gasteiger partial charge < -0.3 is 0 Å². The smallest absolute Gasteiger partial charge is 0.267 e. The number of amides is 1. The number of hydrogen-bond donors (Lipinski definition) is 1. The molecular weight excluding hydrogens is 279 g/mol. The first-order valence-corrected chi connectivity index (χ1v) is 6.29. The van der Waals surface area contributed by atoms with Crippen molar-refractivity contribution in [1.29, 1.82) is 0 Å². The molecule has 0 saturated heterocycles. The Labute approximate surface area is 121 Å². The molecule has 2 aromatic rings. The Hall–Kier alpha value is -2.20. The van der Waals surface area contributed by atoms with Crippen LogP contribution in [0.4, 0.5) is 4.39 Å². The third-order valence-corrected chi connectivity index (χ3v) is 3.09. The summed E-state index contributed by atoms with van der Waals surface area (Å²) in [5.41, 5.74) is 4.40. The van der Waals surface area contributed by atoms with E-state index in [0.29, 0.717) is 16.1 Å². The molecular formula is C15H12ClFN2O. The van der Waals surface area contributed by atoms with Crippen LogP contribution in [0.3, 0.4) is 0 Å². The molecule has 0 aliphatic rings. The number of aryl methyl sites for hydroxylation is 1. The van der Waals surface area contributed by atoms with Crippen LogP contribution in [0.2, 0.25) is 5.02 Å². The maximum Gasteiger partial charge on any atom is 0.271 e. The van der Waals surface area contributed by atoms with Crippen molar-refractivity contribution in [1.82, 2.24) is 5.43 Å². The van der Waals surface area contributed by atoms with Crippen molar-refractivity contribution in [2.24, 2.45) is 5.10 Å². The zero-order chi connectivity index (χ0) is 14.5. The van der Waals surface area contributed by atoms with Crippen molar-refractivity contribution in [2.45, 2.75) is 6.92 Å². The molecule has 0 aromatic heterocycles. The Kier molecular flexibility index (Phi) is 4.48. The van der Waals surface area contributed by atoms with E-state index in [1.165, 1.54) is 18.3 Å². The van der Waals surface area contributed by atoms with Gasteiger partial charge in [0.15, 0.2) is 0 Å². The Bertz CT molecular complexity index is 653. The Morgan fingerprint density at radius 1 is 1.25 bits per heavy atom. The minimum Gasteiger partial charge on any atom is -0.267 e. The highest BCUT2D eigenvalue weighted by Gasteiger charge is 2.05. The molecule has 1 N–H and O–H groups in total. The van der Waals surface area contributed by atoms with Gasteiger partial charge in [0.05, 0.1) is 6.21 Å². The molecule has 102 valence electrons. The van der Waals surface area contributed by atoms with E-state index in [1.807, 2.05) is 6.92 Å². The Morgan fingerprint density at radius 3 is 2.60 bits per heavy atom. The number of nitrogens with one attached hydrogen (secondary N) is 1. The number of carbonyl (C=O) groups is 1. The van der Waals surface area contributed by atoms with Gasteiger partial charge in [-0.1, -0.05) is 29.8 Å². The molecule has 0 fully saturated rings. The second-order valence-electron chi connectivity index (χ2n) is 4.21. The topological polar surface area (TPSA) is 41.5 Å². The molecule has 0 heterocycles. The lowest BCUT2D eigenvalue weighted by Gasteiger charge is -2.02. The lowest BCUT2D eigenvalue weighted by molar-refractivity contribution is 0.0955. The van der Waals surface area contributed by atoms with Crippen LogP contribution in [0.25, 0.3) is 0 Å². The van der Waals surface area contributed by atoms with Gasteiger partial charge in [-0.25, -0.2) is 9.82 Å². The Morgan fingerprint density at radius 2 is 1.95 bits per heavy atom. The van der Waals surface area contributed by atoms with Gasteiger partial charge in [-0.3, -0.25) is 4.79 Å². The number of benzene rings is 2. The number of carbonyl (C=O) groups excluding carboxylic acids is 1. The van der Waals surface area contributed by atoms with Gasteiger partial charge in [-0.2, -0.15) is 5.10 Å². The Balaban J connectivity index is 2.01. The molecule has 0 atom stereocenters. The second-order valence-corrected chi connectivity index (χ2v) is 4.62. The maximum atomic E-state index is 12.7. The van der Waals surface area contributed by atoms with E-state index in [9.17, 15) is 9.18 Å². The highest BCUT2D eigenvalue weighted by Crippen LogP contribution is 2.16. The van der Waals surface area contributed by atoms with Crippen molar-refractivity contribution < 1.29 is 9.18 Å². The zero-order valence-electron chi connectivity index (χ0n) is 10.7. The van der Waals surface area contributed by atoms with Crippen LogP contribution in [0.5, 0.6) is 0 Å². The van der Waals surface area contributed by atoms with Gasteiger partial charge in [-0.05, 0) is 42.3 Å². The van der Waals surface area contributed by atoms with Crippen LogP contribution >= 0.6 is 11.6 Å². The third kappa shape index (κ3) is 3.65. The molecule has 0 unspecified atom stereocenters. The van der Waals surface area contributed by atoms with Gasteiger partial charge in [0.2, 0.25) is 0 Å². The van der Waals surface area contributed by atoms with Gasteiger partial charge in [0.25, 0.3) is 5.91 Å². The zero-order valence-corrected chi connectivity index (χ0v) is 11.5. The standard InChI is InChI=1S/C15H12ClFN2O/c1-10-2-5-12(8-14(10)16)15(20)19-18-9-11-3-6-13(17)7-4-11/h2-9H,1H3,(H,19,20)/b18-9+. The summed E-state index contributed by atoms with van der Waals surface area (Å²) in [6.45, 7) is 1.86. The highest BCUT2D eigenvalue weighted by atomic mass is 35.5. The lowest BCUT2D eigenvalue weighted by atomic mass is 10.1. The molecule has 1 amide bonds. The number of hydrogen-bond acceptors (Lipinski definition) is 2. The van der Waals surface area contributed by atoms with Crippen LogP contribution in [0.15, 0.2) is 47.6 Å². The van der Waals surface area contributed by atoms with Crippen LogP contribution in [0.1, 0.15) is 21.5 Å². The normalized spacial score (nSPS) is 10.8. The van der Waals surface area contributed by atoms with Gasteiger partial charge in [0.1, 0.15) is 5.82 Å². The van der Waals surface area contributed by atoms with E-state index in [2.05, 4.69) is 10.5 Å². The van der Waals surface area contributed by atoms with E-state index < -0.39 is 0 Å². The first-order chi connectivity index (χ1) is 9.56. The maximum absolute atomic E-state index is 12.7. The summed E-state index contributed by atoms with van der Waals surface area (Å²) in [6.07, 6.45) is 1.44. The van der Waals surface area contributed by atoms with Crippen molar-refractivity contribution in [3.05, 3.63) is 70.0 Å². The average molecular weight is 291 g/mol. The molecule has 0 radical (unpaired) electrons. The fraction of sp³-hybridized carbons (Fsp3) is 0.0667. The fourth-order valence-electron chi connectivity index (χ4n) is 1.51. The predicted molar refractivity (Wildman–Crippen MR) is 77.6 cm³/mol. The van der Waals surface area contributed by atoms with Crippen molar-refractivity contribution in [2.75, 3.05) is 0 Å². The summed E-state index contributed by atoms with van der Waals surface area (Å²) in [4.78, 5) is 11.8. The average Bonchev–Trinajstić information content (AvgIpc) is 2.44. The highest BCUT2D eigenvalue weighted by molar-refractivity contribution is 6.31. The molecule has 0 aliphatic heterocycles. The molecule has 0 saturated carbocycles. The summed E-state index contributed by atoms with van der Waals surface area (Å²) >= 11 is 5.95. The molecule has 0 spiro atoms. The molecule has 3 nitrogen and oxygen atoms in total. The van der Waals surface area contributed by atoms with Crippen molar-refractivity contribution in [3.8, 4) is 0 Å². The molecule has 2 rings (SSSR count). The second kappa shape index (κ2) is 6.30. The van der Waals surface area contributed by atoms with E-state index in [-0.39, 0.29) is 11.7 Å². The van der Waals surface area contributed by atoms with Crippen LogP contribution in [-0.4, -0.2) is 12.1 Å². The predicted octanol–water partition coefficient (Wildman–Crippen LogP) is 3.55. The summed E-state index contributed by atoms with van der Waals surface area (Å²) < 4.78 is 12.7. The summed E-state index contributed by atoms with van der Waals surface area (Å²) in [5, 5.41) is 4.34. The SMILES string of the molecule is Cc1ccc(C(=O)N/N=C/c2ccc(F)cc2)cc1Cl. The van der Waals surface area contributed by atoms with Crippen molar-refractivity contribution in [3.63, 3.8) is 0 Å². The van der Waals surface area contributed by atoms with E-state index in [1.54, 1.807) is 30.3 Å². The first kappa shape index (κ1) is 14.2. The van der Waals surface area contributed by atoms with E-state index in [0.717, 1.165) is 5.56 Å². The minimum atomic E-state index is -0.356. The molecule has 0 aliphatic carbocycles. The van der Waals surface area contributed by atoms with Crippen LogP contribution in [-0.2, 0) is 0 Å². The number of nitrogens with zero attached hydrogens (tertiary/aromatic N) is 1. The van der Waals surface area contributed by atoms with E-state index in [4.69, 9.17) is 11.6 Å². The quantitative estimate of drug-likeness (QED) is 0.681. The largest absolute Gasteiger partial charge is 0.271 e. The van der Waals surface area contributed by atoms with Gasteiger partial charge >= 0.3 is 0 Å².